The summed E-state index contributed by atoms with van der Waals surface area (Å²) >= 11 is 0. The van der Waals surface area contributed by atoms with Gasteiger partial charge in [-0.1, -0.05) is 18.2 Å². The first-order valence-electron chi connectivity index (χ1n) is 7.55. The highest BCUT2D eigenvalue weighted by Crippen LogP contribution is 2.13. The van der Waals surface area contributed by atoms with E-state index in [1.165, 1.54) is 17.7 Å². The second-order valence-corrected chi connectivity index (χ2v) is 5.45. The number of halogens is 1. The number of nitrogens with zero attached hydrogens (tertiary/aromatic N) is 3. The molecule has 116 valence electrons. The first kappa shape index (κ1) is 15.3. The first-order chi connectivity index (χ1) is 11.3. The average Bonchev–Trinajstić information content (AvgIpc) is 2.59. The number of hydrogen-bond acceptors (Lipinski definition) is 3. The third kappa shape index (κ3) is 4.69. The van der Waals surface area contributed by atoms with Gasteiger partial charge in [-0.15, -0.1) is 0 Å². The third-order valence-corrected chi connectivity index (χ3v) is 3.59. The summed E-state index contributed by atoms with van der Waals surface area (Å²) in [6.07, 6.45) is 5.40. The molecule has 0 saturated carbocycles. The van der Waals surface area contributed by atoms with Crippen LogP contribution in [0.15, 0.2) is 73.2 Å². The molecule has 0 aliphatic heterocycles. The molecule has 0 aliphatic carbocycles. The van der Waals surface area contributed by atoms with Crippen molar-refractivity contribution in [2.75, 3.05) is 0 Å². The highest BCUT2D eigenvalue weighted by molar-refractivity contribution is 5.17. The maximum atomic E-state index is 13.1. The van der Waals surface area contributed by atoms with Crippen LogP contribution < -0.4 is 0 Å². The quantitative estimate of drug-likeness (QED) is 0.693. The Hall–Kier alpha value is -2.59. The lowest BCUT2D eigenvalue weighted by atomic mass is 10.1. The van der Waals surface area contributed by atoms with E-state index in [1.54, 1.807) is 18.6 Å². The minimum atomic E-state index is -0.209. The lowest BCUT2D eigenvalue weighted by Crippen LogP contribution is -2.23. The Kier molecular flexibility index (Phi) is 5.06. The summed E-state index contributed by atoms with van der Waals surface area (Å²) in [6.45, 7) is 2.26. The van der Waals surface area contributed by atoms with Crippen LogP contribution in [0.1, 0.15) is 16.8 Å². The standard InChI is InChI=1S/C19H18FN3/c20-18-6-4-16(5-7-18)13-23(14-17-8-11-21-12-9-17)15-19-3-1-2-10-22-19/h1-12H,13-15H2. The third-order valence-electron chi connectivity index (χ3n) is 3.59. The largest absolute Gasteiger partial charge is 0.289 e. The van der Waals surface area contributed by atoms with Gasteiger partial charge in [0, 0.05) is 38.2 Å². The van der Waals surface area contributed by atoms with E-state index < -0.39 is 0 Å². The van der Waals surface area contributed by atoms with Crippen LogP contribution in [0.5, 0.6) is 0 Å². The normalized spacial score (nSPS) is 10.9. The van der Waals surface area contributed by atoms with Gasteiger partial charge in [-0.2, -0.15) is 0 Å². The van der Waals surface area contributed by atoms with Gasteiger partial charge in [0.15, 0.2) is 0 Å². The maximum absolute atomic E-state index is 13.1. The number of aromatic nitrogens is 2. The highest BCUT2D eigenvalue weighted by atomic mass is 19.1. The van der Waals surface area contributed by atoms with Gasteiger partial charge in [0.1, 0.15) is 5.82 Å². The number of benzene rings is 1. The van der Waals surface area contributed by atoms with Crippen LogP contribution in [0.3, 0.4) is 0 Å². The molecule has 3 nitrogen and oxygen atoms in total. The second kappa shape index (κ2) is 7.61. The van der Waals surface area contributed by atoms with E-state index in [9.17, 15) is 4.39 Å². The Morgan fingerprint density at radius 1 is 0.739 bits per heavy atom. The van der Waals surface area contributed by atoms with E-state index in [1.807, 2.05) is 42.5 Å². The molecule has 0 saturated heterocycles. The summed E-state index contributed by atoms with van der Waals surface area (Å²) < 4.78 is 13.1. The second-order valence-electron chi connectivity index (χ2n) is 5.45. The van der Waals surface area contributed by atoms with Crippen LogP contribution in [-0.2, 0) is 19.6 Å². The first-order valence-corrected chi connectivity index (χ1v) is 7.55. The molecule has 0 N–H and O–H groups in total. The van der Waals surface area contributed by atoms with Crippen molar-refractivity contribution in [1.82, 2.24) is 14.9 Å². The maximum Gasteiger partial charge on any atom is 0.123 e. The SMILES string of the molecule is Fc1ccc(CN(Cc2ccncc2)Cc2ccccn2)cc1. The van der Waals surface area contributed by atoms with Gasteiger partial charge in [-0.3, -0.25) is 14.9 Å². The minimum absolute atomic E-state index is 0.209. The Balaban J connectivity index is 1.76. The highest BCUT2D eigenvalue weighted by Gasteiger charge is 2.09. The summed E-state index contributed by atoms with van der Waals surface area (Å²) in [7, 11) is 0. The van der Waals surface area contributed by atoms with Gasteiger partial charge in [-0.25, -0.2) is 4.39 Å². The van der Waals surface area contributed by atoms with Crippen LogP contribution in [-0.4, -0.2) is 14.9 Å². The van der Waals surface area contributed by atoms with Gasteiger partial charge in [0.05, 0.1) is 5.69 Å². The average molecular weight is 307 g/mol. The molecular weight excluding hydrogens is 289 g/mol. The fraction of sp³-hybridized carbons (Fsp3) is 0.158. The van der Waals surface area contributed by atoms with E-state index in [-0.39, 0.29) is 5.82 Å². The predicted octanol–water partition coefficient (Wildman–Crippen LogP) is 3.82. The smallest absolute Gasteiger partial charge is 0.123 e. The van der Waals surface area contributed by atoms with Crippen LogP contribution in [0.4, 0.5) is 4.39 Å². The molecule has 2 aromatic heterocycles. The summed E-state index contributed by atoms with van der Waals surface area (Å²) in [4.78, 5) is 10.7. The molecule has 4 heteroatoms. The summed E-state index contributed by atoms with van der Waals surface area (Å²) in [5.74, 6) is -0.209. The van der Waals surface area contributed by atoms with Crippen molar-refractivity contribution in [2.24, 2.45) is 0 Å². The zero-order valence-corrected chi connectivity index (χ0v) is 12.8. The molecule has 3 rings (SSSR count). The number of rotatable bonds is 6. The molecule has 0 spiro atoms. The van der Waals surface area contributed by atoms with E-state index in [4.69, 9.17) is 0 Å². The van der Waals surface area contributed by atoms with Gasteiger partial charge in [0.2, 0.25) is 0 Å². The van der Waals surface area contributed by atoms with Gasteiger partial charge >= 0.3 is 0 Å². The summed E-state index contributed by atoms with van der Waals surface area (Å²) in [6, 6.07) is 16.6. The fourth-order valence-electron chi connectivity index (χ4n) is 2.48. The minimum Gasteiger partial charge on any atom is -0.289 e. The lowest BCUT2D eigenvalue weighted by Gasteiger charge is -2.22. The van der Waals surface area contributed by atoms with Crippen molar-refractivity contribution in [1.29, 1.82) is 0 Å². The zero-order valence-electron chi connectivity index (χ0n) is 12.8. The van der Waals surface area contributed by atoms with E-state index in [0.29, 0.717) is 0 Å². The van der Waals surface area contributed by atoms with Crippen molar-refractivity contribution >= 4 is 0 Å². The van der Waals surface area contributed by atoms with Gasteiger partial charge < -0.3 is 0 Å². The zero-order chi connectivity index (χ0) is 15.9. The Labute approximate surface area is 135 Å². The molecule has 0 bridgehead atoms. The van der Waals surface area contributed by atoms with E-state index >= 15 is 0 Å². The van der Waals surface area contributed by atoms with Crippen molar-refractivity contribution < 1.29 is 4.39 Å². The Morgan fingerprint density at radius 2 is 1.43 bits per heavy atom. The van der Waals surface area contributed by atoms with Gasteiger partial charge in [-0.05, 0) is 47.5 Å². The Bertz CT molecular complexity index is 673. The number of pyridine rings is 2. The molecule has 0 fully saturated rings. The molecule has 2 heterocycles. The van der Waals surface area contributed by atoms with E-state index in [2.05, 4.69) is 14.9 Å². The monoisotopic (exact) mass is 307 g/mol. The van der Waals surface area contributed by atoms with E-state index in [0.717, 1.165) is 30.9 Å². The molecular formula is C19H18FN3. The topological polar surface area (TPSA) is 29.0 Å². The molecule has 23 heavy (non-hydrogen) atoms. The van der Waals surface area contributed by atoms with Gasteiger partial charge in [0.25, 0.3) is 0 Å². The molecule has 3 aromatic rings. The van der Waals surface area contributed by atoms with Crippen molar-refractivity contribution in [3.05, 3.63) is 95.8 Å². The fourth-order valence-corrected chi connectivity index (χ4v) is 2.48. The van der Waals surface area contributed by atoms with Crippen LogP contribution >= 0.6 is 0 Å². The summed E-state index contributed by atoms with van der Waals surface area (Å²) in [5, 5.41) is 0. The molecule has 0 aliphatic rings. The molecule has 0 amide bonds. The van der Waals surface area contributed by atoms with Crippen molar-refractivity contribution in [2.45, 2.75) is 19.6 Å². The molecule has 0 radical (unpaired) electrons. The number of hydrogen-bond donors (Lipinski definition) is 0. The van der Waals surface area contributed by atoms with Crippen LogP contribution in [0, 0.1) is 5.82 Å². The van der Waals surface area contributed by atoms with Crippen LogP contribution in [0.2, 0.25) is 0 Å². The molecule has 0 atom stereocenters. The lowest BCUT2D eigenvalue weighted by molar-refractivity contribution is 0.244. The molecule has 1 aromatic carbocycles. The summed E-state index contributed by atoms with van der Waals surface area (Å²) in [5.41, 5.74) is 3.29. The van der Waals surface area contributed by atoms with Crippen molar-refractivity contribution in [3.63, 3.8) is 0 Å². The predicted molar refractivity (Wildman–Crippen MR) is 87.8 cm³/mol. The van der Waals surface area contributed by atoms with Crippen molar-refractivity contribution in [3.8, 4) is 0 Å². The molecule has 0 unspecified atom stereocenters. The van der Waals surface area contributed by atoms with Crippen LogP contribution in [0.25, 0.3) is 0 Å². The Morgan fingerprint density at radius 3 is 2.09 bits per heavy atom.